The smallest absolute Gasteiger partial charge is 0.231 e. The minimum atomic E-state index is -0.179. The summed E-state index contributed by atoms with van der Waals surface area (Å²) in [7, 11) is 0. The molecule has 2 bridgehead atoms. The largest absolute Gasteiger partial charge is 0.489 e. The molecule has 1 aliphatic carbocycles. The molecule has 5 rings (SSSR count). The summed E-state index contributed by atoms with van der Waals surface area (Å²) in [5.41, 5.74) is 1.21. The standard InChI is InChI=1S/C23H26FNO3.ClH/c24-19-5-3-17(4-6-19)21-9-10-25(12-16-1-2-16)13-18(21)14-26-22-8-7-20-11-23(22)28-15-27-20;/h3-8,11,16,18,21H,1-2,9-10,12-15H2;1H/t18-,21-;/m0./s1. The van der Waals surface area contributed by atoms with Gasteiger partial charge in [-0.2, -0.15) is 0 Å². The summed E-state index contributed by atoms with van der Waals surface area (Å²) >= 11 is 0. The number of hydrogen-bond acceptors (Lipinski definition) is 4. The van der Waals surface area contributed by atoms with E-state index in [2.05, 4.69) is 4.90 Å². The van der Waals surface area contributed by atoms with E-state index in [0.29, 0.717) is 18.4 Å². The molecule has 0 radical (unpaired) electrons. The number of fused-ring (bicyclic) bond motifs is 2. The van der Waals surface area contributed by atoms with Gasteiger partial charge in [0.05, 0.1) is 6.61 Å². The molecule has 0 spiro atoms. The number of piperidine rings is 1. The molecule has 3 aliphatic rings. The lowest BCUT2D eigenvalue weighted by Crippen LogP contribution is -2.42. The van der Waals surface area contributed by atoms with Crippen molar-refractivity contribution < 1.29 is 18.6 Å². The fourth-order valence-electron chi connectivity index (χ4n) is 4.42. The summed E-state index contributed by atoms with van der Waals surface area (Å²) in [6, 6.07) is 12.7. The molecule has 29 heavy (non-hydrogen) atoms. The Morgan fingerprint density at radius 3 is 2.66 bits per heavy atom. The number of likely N-dealkylation sites (tertiary alicyclic amines) is 1. The van der Waals surface area contributed by atoms with E-state index in [9.17, 15) is 4.39 Å². The predicted molar refractivity (Wildman–Crippen MR) is 112 cm³/mol. The molecule has 6 heteroatoms. The molecule has 4 nitrogen and oxygen atoms in total. The monoisotopic (exact) mass is 419 g/mol. The van der Waals surface area contributed by atoms with Crippen LogP contribution < -0.4 is 14.2 Å². The Morgan fingerprint density at radius 1 is 1.03 bits per heavy atom. The lowest BCUT2D eigenvalue weighted by Gasteiger charge is -2.39. The minimum absolute atomic E-state index is 0. The third-order valence-corrected chi connectivity index (χ3v) is 6.14. The van der Waals surface area contributed by atoms with Crippen LogP contribution in [0.3, 0.4) is 0 Å². The lowest BCUT2D eigenvalue weighted by molar-refractivity contribution is 0.0878. The maximum absolute atomic E-state index is 13.4. The average molecular weight is 420 g/mol. The highest BCUT2D eigenvalue weighted by atomic mass is 35.5. The molecule has 2 aromatic carbocycles. The van der Waals surface area contributed by atoms with E-state index in [1.165, 1.54) is 24.9 Å². The second-order valence-electron chi connectivity index (χ2n) is 8.24. The zero-order valence-electron chi connectivity index (χ0n) is 16.4. The second-order valence-corrected chi connectivity index (χ2v) is 8.24. The van der Waals surface area contributed by atoms with Crippen LogP contribution in [0.2, 0.25) is 0 Å². The zero-order chi connectivity index (χ0) is 18.9. The molecule has 2 fully saturated rings. The third kappa shape index (κ3) is 4.78. The molecule has 0 amide bonds. The summed E-state index contributed by atoms with van der Waals surface area (Å²) in [6.45, 7) is 4.19. The molecule has 0 N–H and O–H groups in total. The van der Waals surface area contributed by atoms with Crippen LogP contribution in [0, 0.1) is 17.7 Å². The van der Waals surface area contributed by atoms with Crippen molar-refractivity contribution in [2.45, 2.75) is 25.2 Å². The Balaban J connectivity index is 0.00000205. The van der Waals surface area contributed by atoms with Crippen molar-refractivity contribution in [2.24, 2.45) is 11.8 Å². The Kier molecular flexibility index (Phi) is 6.16. The number of halogens is 2. The summed E-state index contributed by atoms with van der Waals surface area (Å²) in [6.07, 6.45) is 3.82. The summed E-state index contributed by atoms with van der Waals surface area (Å²) in [4.78, 5) is 2.59. The van der Waals surface area contributed by atoms with Crippen LogP contribution in [0.25, 0.3) is 0 Å². The lowest BCUT2D eigenvalue weighted by atomic mass is 9.80. The normalized spacial score (nSPS) is 23.5. The first-order valence-corrected chi connectivity index (χ1v) is 10.2. The molecule has 1 saturated carbocycles. The Hall–Kier alpha value is -1.98. The molecule has 2 heterocycles. The topological polar surface area (TPSA) is 30.9 Å². The van der Waals surface area contributed by atoms with Gasteiger partial charge in [-0.15, -0.1) is 12.4 Å². The number of hydrogen-bond donors (Lipinski definition) is 0. The average Bonchev–Trinajstić information content (AvgIpc) is 3.53. The molecule has 2 aliphatic heterocycles. The molecule has 0 unspecified atom stereocenters. The van der Waals surface area contributed by atoms with E-state index >= 15 is 0 Å². The molecule has 0 aromatic heterocycles. The minimum Gasteiger partial charge on any atom is -0.489 e. The first-order valence-electron chi connectivity index (χ1n) is 10.2. The molecule has 156 valence electrons. The second kappa shape index (κ2) is 8.80. The summed E-state index contributed by atoms with van der Waals surface area (Å²) in [5.74, 6) is 3.78. The van der Waals surface area contributed by atoms with E-state index < -0.39 is 0 Å². The highest BCUT2D eigenvalue weighted by Gasteiger charge is 2.34. The van der Waals surface area contributed by atoms with Gasteiger partial charge in [-0.25, -0.2) is 4.39 Å². The number of rotatable bonds is 6. The molecular formula is C23H27ClFNO3. The van der Waals surface area contributed by atoms with Crippen LogP contribution in [0.15, 0.2) is 42.5 Å². The Labute approximate surface area is 177 Å². The fourth-order valence-corrected chi connectivity index (χ4v) is 4.42. The first-order chi connectivity index (χ1) is 13.7. The van der Waals surface area contributed by atoms with Gasteiger partial charge in [0.2, 0.25) is 6.79 Å². The van der Waals surface area contributed by atoms with Crippen molar-refractivity contribution in [2.75, 3.05) is 33.0 Å². The third-order valence-electron chi connectivity index (χ3n) is 6.14. The van der Waals surface area contributed by atoms with Crippen LogP contribution in [-0.2, 0) is 0 Å². The molecule has 2 aromatic rings. The number of benzene rings is 2. The van der Waals surface area contributed by atoms with Crippen molar-refractivity contribution in [1.82, 2.24) is 4.90 Å². The van der Waals surface area contributed by atoms with Gasteiger partial charge in [-0.3, -0.25) is 0 Å². The maximum atomic E-state index is 13.4. The van der Waals surface area contributed by atoms with Crippen molar-refractivity contribution >= 4 is 12.4 Å². The van der Waals surface area contributed by atoms with E-state index in [1.807, 2.05) is 30.3 Å². The van der Waals surface area contributed by atoms with Crippen molar-refractivity contribution in [3.8, 4) is 17.2 Å². The van der Waals surface area contributed by atoms with Crippen LogP contribution in [0.5, 0.6) is 17.2 Å². The van der Waals surface area contributed by atoms with E-state index in [4.69, 9.17) is 14.2 Å². The van der Waals surface area contributed by atoms with Crippen LogP contribution in [0.4, 0.5) is 4.39 Å². The van der Waals surface area contributed by atoms with Gasteiger partial charge in [0.15, 0.2) is 11.5 Å². The first kappa shape index (κ1) is 20.3. The van der Waals surface area contributed by atoms with Gasteiger partial charge in [-0.1, -0.05) is 12.1 Å². The Bertz CT molecular complexity index is 827. The fraction of sp³-hybridized carbons (Fsp3) is 0.478. The zero-order valence-corrected chi connectivity index (χ0v) is 17.2. The Morgan fingerprint density at radius 2 is 1.86 bits per heavy atom. The van der Waals surface area contributed by atoms with Gasteiger partial charge >= 0.3 is 0 Å². The van der Waals surface area contributed by atoms with Crippen molar-refractivity contribution in [3.63, 3.8) is 0 Å². The van der Waals surface area contributed by atoms with E-state index in [1.54, 1.807) is 12.1 Å². The van der Waals surface area contributed by atoms with Gasteiger partial charge in [0.1, 0.15) is 11.6 Å². The predicted octanol–water partition coefficient (Wildman–Crippen LogP) is 4.87. The van der Waals surface area contributed by atoms with Gasteiger partial charge in [-0.05, 0) is 67.5 Å². The van der Waals surface area contributed by atoms with Crippen molar-refractivity contribution in [3.05, 3.63) is 53.8 Å². The molecule has 1 saturated heterocycles. The summed E-state index contributed by atoms with van der Waals surface area (Å²) < 4.78 is 30.5. The maximum Gasteiger partial charge on any atom is 0.231 e. The van der Waals surface area contributed by atoms with Crippen LogP contribution in [-0.4, -0.2) is 37.9 Å². The van der Waals surface area contributed by atoms with E-state index in [-0.39, 0.29) is 25.0 Å². The molecular weight excluding hydrogens is 393 g/mol. The SMILES string of the molecule is Cl.Fc1ccc([C@@H]2CCN(CC3CC3)C[C@H]2COc2ccc3cc2OCO3)cc1. The number of nitrogens with zero attached hydrogens (tertiary/aromatic N) is 1. The quantitative estimate of drug-likeness (QED) is 0.668. The van der Waals surface area contributed by atoms with Crippen LogP contribution >= 0.6 is 12.4 Å². The van der Waals surface area contributed by atoms with Gasteiger partial charge in [0, 0.05) is 25.1 Å². The van der Waals surface area contributed by atoms with Gasteiger partial charge < -0.3 is 19.1 Å². The van der Waals surface area contributed by atoms with Gasteiger partial charge in [0.25, 0.3) is 0 Å². The van der Waals surface area contributed by atoms with E-state index in [0.717, 1.165) is 42.7 Å². The number of ether oxygens (including phenoxy) is 3. The van der Waals surface area contributed by atoms with Crippen LogP contribution in [0.1, 0.15) is 30.7 Å². The highest BCUT2D eigenvalue weighted by molar-refractivity contribution is 5.85. The highest BCUT2D eigenvalue weighted by Crippen LogP contribution is 2.38. The van der Waals surface area contributed by atoms with Crippen molar-refractivity contribution in [1.29, 1.82) is 0 Å². The molecule has 2 atom stereocenters. The summed E-state index contributed by atoms with van der Waals surface area (Å²) in [5, 5.41) is 0.